The van der Waals surface area contributed by atoms with Gasteiger partial charge in [-0.2, -0.15) is 5.10 Å². The standard InChI is InChI=1S/C13H18N4/c1-3-8-14-13-7-5-6-12(16-13)11-9-15-17(4-2)10-11/h5-7,9-10H,3-4,8H2,1-2H3,(H,14,16). The molecule has 4 nitrogen and oxygen atoms in total. The lowest BCUT2D eigenvalue weighted by molar-refractivity contribution is 0.660. The van der Waals surface area contributed by atoms with E-state index in [9.17, 15) is 0 Å². The molecular weight excluding hydrogens is 212 g/mol. The van der Waals surface area contributed by atoms with Crippen molar-refractivity contribution in [1.29, 1.82) is 0 Å². The lowest BCUT2D eigenvalue weighted by Gasteiger charge is -2.04. The SMILES string of the molecule is CCCNc1cccc(-c2cnn(CC)c2)n1. The number of rotatable bonds is 5. The Hall–Kier alpha value is -1.84. The zero-order valence-corrected chi connectivity index (χ0v) is 10.3. The quantitative estimate of drug-likeness (QED) is 0.858. The molecule has 4 heteroatoms. The monoisotopic (exact) mass is 230 g/mol. The van der Waals surface area contributed by atoms with E-state index in [2.05, 4.69) is 29.2 Å². The van der Waals surface area contributed by atoms with Crippen molar-refractivity contribution in [3.05, 3.63) is 30.6 Å². The highest BCUT2D eigenvalue weighted by atomic mass is 15.3. The van der Waals surface area contributed by atoms with E-state index in [0.29, 0.717) is 0 Å². The molecule has 0 spiro atoms. The molecule has 2 rings (SSSR count). The van der Waals surface area contributed by atoms with Gasteiger partial charge in [0.1, 0.15) is 5.82 Å². The number of aromatic nitrogens is 3. The summed E-state index contributed by atoms with van der Waals surface area (Å²) < 4.78 is 1.91. The van der Waals surface area contributed by atoms with Gasteiger partial charge in [0.15, 0.2) is 0 Å². The Morgan fingerprint density at radius 2 is 2.18 bits per heavy atom. The van der Waals surface area contributed by atoms with Crippen molar-refractivity contribution in [2.24, 2.45) is 0 Å². The number of aryl methyl sites for hydroxylation is 1. The molecule has 0 aromatic carbocycles. The summed E-state index contributed by atoms with van der Waals surface area (Å²) in [6.07, 6.45) is 4.97. The van der Waals surface area contributed by atoms with Crippen LogP contribution in [0.4, 0.5) is 5.82 Å². The van der Waals surface area contributed by atoms with Crippen molar-refractivity contribution in [1.82, 2.24) is 14.8 Å². The maximum absolute atomic E-state index is 4.56. The second-order valence-corrected chi connectivity index (χ2v) is 3.92. The van der Waals surface area contributed by atoms with E-state index in [1.807, 2.05) is 35.3 Å². The fourth-order valence-corrected chi connectivity index (χ4v) is 1.62. The summed E-state index contributed by atoms with van der Waals surface area (Å²) in [5.74, 6) is 0.925. The van der Waals surface area contributed by atoms with Crippen molar-refractivity contribution >= 4 is 5.82 Å². The maximum atomic E-state index is 4.56. The first-order valence-electron chi connectivity index (χ1n) is 6.07. The molecule has 0 unspecified atom stereocenters. The molecule has 0 radical (unpaired) electrons. The molecule has 0 amide bonds. The van der Waals surface area contributed by atoms with Gasteiger partial charge >= 0.3 is 0 Å². The van der Waals surface area contributed by atoms with Gasteiger partial charge in [-0.1, -0.05) is 13.0 Å². The zero-order chi connectivity index (χ0) is 12.1. The van der Waals surface area contributed by atoms with E-state index in [0.717, 1.165) is 36.6 Å². The Morgan fingerprint density at radius 1 is 1.29 bits per heavy atom. The summed E-state index contributed by atoms with van der Waals surface area (Å²) in [6.45, 7) is 6.05. The minimum absolute atomic E-state index is 0.883. The smallest absolute Gasteiger partial charge is 0.126 e. The average molecular weight is 230 g/mol. The van der Waals surface area contributed by atoms with Gasteiger partial charge in [0.2, 0.25) is 0 Å². The molecule has 0 aliphatic rings. The van der Waals surface area contributed by atoms with Crippen LogP contribution in [0.2, 0.25) is 0 Å². The molecule has 0 fully saturated rings. The molecule has 2 aromatic heterocycles. The molecule has 2 aromatic rings. The lowest BCUT2D eigenvalue weighted by Crippen LogP contribution is -2.01. The number of hydrogen-bond donors (Lipinski definition) is 1. The molecule has 0 aliphatic carbocycles. The van der Waals surface area contributed by atoms with E-state index in [1.165, 1.54) is 0 Å². The molecule has 0 atom stereocenters. The molecule has 0 saturated carbocycles. The van der Waals surface area contributed by atoms with E-state index >= 15 is 0 Å². The number of anilines is 1. The van der Waals surface area contributed by atoms with Crippen LogP contribution < -0.4 is 5.32 Å². The first-order chi connectivity index (χ1) is 8.33. The molecule has 90 valence electrons. The Balaban J connectivity index is 2.20. The summed E-state index contributed by atoms with van der Waals surface area (Å²) in [4.78, 5) is 4.56. The van der Waals surface area contributed by atoms with Crippen molar-refractivity contribution in [2.45, 2.75) is 26.8 Å². The maximum Gasteiger partial charge on any atom is 0.126 e. The van der Waals surface area contributed by atoms with Crippen LogP contribution in [-0.2, 0) is 6.54 Å². The van der Waals surface area contributed by atoms with Gasteiger partial charge in [-0.15, -0.1) is 0 Å². The second-order valence-electron chi connectivity index (χ2n) is 3.92. The highest BCUT2D eigenvalue weighted by Gasteiger charge is 2.03. The molecular formula is C13H18N4. The number of nitrogens with zero attached hydrogens (tertiary/aromatic N) is 3. The average Bonchev–Trinajstić information content (AvgIpc) is 2.85. The van der Waals surface area contributed by atoms with Crippen molar-refractivity contribution in [3.63, 3.8) is 0 Å². The van der Waals surface area contributed by atoms with Crippen LogP contribution in [-0.4, -0.2) is 21.3 Å². The number of hydrogen-bond acceptors (Lipinski definition) is 3. The van der Waals surface area contributed by atoms with Crippen LogP contribution in [0.1, 0.15) is 20.3 Å². The highest BCUT2D eigenvalue weighted by molar-refractivity contribution is 5.59. The molecule has 0 aliphatic heterocycles. The van der Waals surface area contributed by atoms with Gasteiger partial charge < -0.3 is 5.32 Å². The summed E-state index contributed by atoms with van der Waals surface area (Å²) in [6, 6.07) is 6.02. The minimum Gasteiger partial charge on any atom is -0.370 e. The first kappa shape index (κ1) is 11.6. The Labute approximate surface area is 102 Å². The fourth-order valence-electron chi connectivity index (χ4n) is 1.62. The van der Waals surface area contributed by atoms with Crippen molar-refractivity contribution in [2.75, 3.05) is 11.9 Å². The Bertz CT molecular complexity index is 476. The van der Waals surface area contributed by atoms with Gasteiger partial charge in [-0.25, -0.2) is 4.98 Å². The molecule has 0 bridgehead atoms. The van der Waals surface area contributed by atoms with E-state index < -0.39 is 0 Å². The van der Waals surface area contributed by atoms with Gasteiger partial charge in [0.05, 0.1) is 11.9 Å². The van der Waals surface area contributed by atoms with E-state index in [-0.39, 0.29) is 0 Å². The van der Waals surface area contributed by atoms with Gasteiger partial charge in [-0.05, 0) is 25.5 Å². The summed E-state index contributed by atoms with van der Waals surface area (Å²) in [5, 5.41) is 7.55. The van der Waals surface area contributed by atoms with Crippen LogP contribution in [0.15, 0.2) is 30.6 Å². The van der Waals surface area contributed by atoms with Gasteiger partial charge in [-0.3, -0.25) is 4.68 Å². The number of nitrogens with one attached hydrogen (secondary N) is 1. The van der Waals surface area contributed by atoms with Crippen LogP contribution in [0.25, 0.3) is 11.3 Å². The zero-order valence-electron chi connectivity index (χ0n) is 10.3. The first-order valence-corrected chi connectivity index (χ1v) is 6.07. The molecule has 17 heavy (non-hydrogen) atoms. The largest absolute Gasteiger partial charge is 0.370 e. The lowest BCUT2D eigenvalue weighted by atomic mass is 10.2. The normalized spacial score (nSPS) is 10.5. The van der Waals surface area contributed by atoms with Crippen molar-refractivity contribution < 1.29 is 0 Å². The highest BCUT2D eigenvalue weighted by Crippen LogP contribution is 2.17. The minimum atomic E-state index is 0.883. The summed E-state index contributed by atoms with van der Waals surface area (Å²) >= 11 is 0. The van der Waals surface area contributed by atoms with Crippen LogP contribution in [0.3, 0.4) is 0 Å². The molecule has 2 heterocycles. The molecule has 0 saturated heterocycles. The predicted molar refractivity (Wildman–Crippen MR) is 69.9 cm³/mol. The van der Waals surface area contributed by atoms with Crippen LogP contribution in [0, 0.1) is 0 Å². The van der Waals surface area contributed by atoms with Gasteiger partial charge in [0, 0.05) is 24.8 Å². The third kappa shape index (κ3) is 2.84. The van der Waals surface area contributed by atoms with E-state index in [1.54, 1.807) is 0 Å². The topological polar surface area (TPSA) is 42.7 Å². The Kier molecular flexibility index (Phi) is 3.75. The predicted octanol–water partition coefficient (Wildman–Crippen LogP) is 2.79. The summed E-state index contributed by atoms with van der Waals surface area (Å²) in [5.41, 5.74) is 2.03. The summed E-state index contributed by atoms with van der Waals surface area (Å²) in [7, 11) is 0. The van der Waals surface area contributed by atoms with Crippen LogP contribution in [0.5, 0.6) is 0 Å². The van der Waals surface area contributed by atoms with E-state index in [4.69, 9.17) is 0 Å². The van der Waals surface area contributed by atoms with Crippen LogP contribution >= 0.6 is 0 Å². The third-order valence-corrected chi connectivity index (χ3v) is 2.56. The molecule has 1 N–H and O–H groups in total. The second kappa shape index (κ2) is 5.48. The van der Waals surface area contributed by atoms with Gasteiger partial charge in [0.25, 0.3) is 0 Å². The Morgan fingerprint density at radius 3 is 2.88 bits per heavy atom. The third-order valence-electron chi connectivity index (χ3n) is 2.56. The fraction of sp³-hybridized carbons (Fsp3) is 0.385. The van der Waals surface area contributed by atoms with Crippen molar-refractivity contribution in [3.8, 4) is 11.3 Å². The number of pyridine rings is 1.